The van der Waals surface area contributed by atoms with Crippen molar-refractivity contribution in [2.75, 3.05) is 11.9 Å². The highest BCUT2D eigenvalue weighted by molar-refractivity contribution is 5.95. The maximum Gasteiger partial charge on any atom is 0.340 e. The molecule has 0 spiro atoms. The molecule has 3 unspecified atom stereocenters. The monoisotopic (exact) mass is 275 g/mol. The van der Waals surface area contributed by atoms with Gasteiger partial charge in [-0.25, -0.2) is 4.79 Å². The summed E-state index contributed by atoms with van der Waals surface area (Å²) in [5.74, 6) is 1.29. The third-order valence-electron chi connectivity index (χ3n) is 4.38. The molecule has 0 aromatic heterocycles. The average Bonchev–Trinajstić information content (AvgIpc) is 2.44. The van der Waals surface area contributed by atoms with E-state index in [-0.39, 0.29) is 5.97 Å². The van der Waals surface area contributed by atoms with Gasteiger partial charge in [0.05, 0.1) is 12.2 Å². The van der Waals surface area contributed by atoms with E-state index in [1.54, 1.807) is 0 Å². The fourth-order valence-corrected chi connectivity index (χ4v) is 2.89. The van der Waals surface area contributed by atoms with Crippen molar-refractivity contribution in [3.8, 4) is 0 Å². The number of para-hydroxylation sites is 1. The van der Waals surface area contributed by atoms with Gasteiger partial charge in [-0.1, -0.05) is 26.0 Å². The molecule has 1 aliphatic carbocycles. The molecular weight excluding hydrogens is 250 g/mol. The van der Waals surface area contributed by atoms with Crippen molar-refractivity contribution in [1.29, 1.82) is 0 Å². The Morgan fingerprint density at radius 2 is 2.00 bits per heavy atom. The topological polar surface area (TPSA) is 38.3 Å². The van der Waals surface area contributed by atoms with Crippen LogP contribution in [0.2, 0.25) is 0 Å². The second kappa shape index (κ2) is 6.78. The Balaban J connectivity index is 2.07. The Hall–Kier alpha value is -1.51. The van der Waals surface area contributed by atoms with Gasteiger partial charge in [-0.15, -0.1) is 0 Å². The summed E-state index contributed by atoms with van der Waals surface area (Å²) in [5.41, 5.74) is 1.54. The Kier molecular flexibility index (Phi) is 5.05. The highest BCUT2D eigenvalue weighted by Crippen LogP contribution is 2.31. The van der Waals surface area contributed by atoms with Gasteiger partial charge in [0.15, 0.2) is 0 Å². The number of carbonyl (C=O) groups is 1. The molecule has 3 nitrogen and oxygen atoms in total. The fraction of sp³-hybridized carbons (Fsp3) is 0.588. The van der Waals surface area contributed by atoms with E-state index in [0.29, 0.717) is 18.2 Å². The molecule has 110 valence electrons. The molecule has 1 saturated carbocycles. The van der Waals surface area contributed by atoms with Crippen LogP contribution in [0.15, 0.2) is 24.3 Å². The molecule has 3 atom stereocenters. The van der Waals surface area contributed by atoms with Crippen LogP contribution < -0.4 is 5.32 Å². The van der Waals surface area contributed by atoms with Crippen molar-refractivity contribution in [1.82, 2.24) is 0 Å². The molecule has 0 bridgehead atoms. The molecule has 1 fully saturated rings. The quantitative estimate of drug-likeness (QED) is 0.841. The summed E-state index contributed by atoms with van der Waals surface area (Å²) in [6, 6.07) is 8.09. The zero-order valence-electron chi connectivity index (χ0n) is 12.7. The number of esters is 1. The highest BCUT2D eigenvalue weighted by atomic mass is 16.5. The van der Waals surface area contributed by atoms with Crippen LogP contribution in [0.1, 0.15) is 50.4 Å². The summed E-state index contributed by atoms with van der Waals surface area (Å²) < 4.78 is 5.12. The van der Waals surface area contributed by atoms with Gasteiger partial charge in [0.2, 0.25) is 0 Å². The molecule has 20 heavy (non-hydrogen) atoms. The Labute approximate surface area is 121 Å². The Morgan fingerprint density at radius 1 is 1.25 bits per heavy atom. The maximum atomic E-state index is 12.0. The largest absolute Gasteiger partial charge is 0.462 e. The predicted molar refractivity (Wildman–Crippen MR) is 82.0 cm³/mol. The van der Waals surface area contributed by atoms with Crippen LogP contribution in [0, 0.1) is 11.8 Å². The number of hydrogen-bond acceptors (Lipinski definition) is 3. The molecule has 1 aromatic carbocycles. The Morgan fingerprint density at radius 3 is 2.70 bits per heavy atom. The second-order valence-corrected chi connectivity index (χ2v) is 5.87. The zero-order valence-corrected chi connectivity index (χ0v) is 12.7. The summed E-state index contributed by atoms with van der Waals surface area (Å²) >= 11 is 0. The molecule has 0 radical (unpaired) electrons. The van der Waals surface area contributed by atoms with Crippen LogP contribution in [-0.2, 0) is 4.74 Å². The van der Waals surface area contributed by atoms with Gasteiger partial charge in [-0.2, -0.15) is 0 Å². The van der Waals surface area contributed by atoms with Gasteiger partial charge in [0.1, 0.15) is 0 Å². The van der Waals surface area contributed by atoms with Crippen LogP contribution in [0.4, 0.5) is 5.69 Å². The van der Waals surface area contributed by atoms with E-state index in [0.717, 1.165) is 17.5 Å². The third-order valence-corrected chi connectivity index (χ3v) is 4.38. The Bertz CT molecular complexity index is 458. The first-order valence-corrected chi connectivity index (χ1v) is 7.64. The van der Waals surface area contributed by atoms with E-state index in [2.05, 4.69) is 19.2 Å². The highest BCUT2D eigenvalue weighted by Gasteiger charge is 2.25. The lowest BCUT2D eigenvalue weighted by Gasteiger charge is -2.33. The SMILES string of the molecule is CCOC(=O)c1ccccc1NC1CCC(C)C(C)C1. The van der Waals surface area contributed by atoms with E-state index in [9.17, 15) is 4.79 Å². The molecular formula is C17H25NO2. The van der Waals surface area contributed by atoms with Crippen molar-refractivity contribution < 1.29 is 9.53 Å². The van der Waals surface area contributed by atoms with E-state index in [1.165, 1.54) is 19.3 Å². The smallest absolute Gasteiger partial charge is 0.340 e. The summed E-state index contributed by atoms with van der Waals surface area (Å²) in [6.45, 7) is 6.88. The lowest BCUT2D eigenvalue weighted by Crippen LogP contribution is -2.31. The van der Waals surface area contributed by atoms with E-state index < -0.39 is 0 Å². The number of nitrogens with one attached hydrogen (secondary N) is 1. The van der Waals surface area contributed by atoms with Crippen LogP contribution >= 0.6 is 0 Å². The number of ether oxygens (including phenoxy) is 1. The number of rotatable bonds is 4. The normalized spacial score (nSPS) is 26.1. The van der Waals surface area contributed by atoms with Crippen molar-refractivity contribution in [3.63, 3.8) is 0 Å². The third kappa shape index (κ3) is 3.53. The van der Waals surface area contributed by atoms with E-state index in [1.807, 2.05) is 31.2 Å². The molecule has 0 saturated heterocycles. The van der Waals surface area contributed by atoms with E-state index >= 15 is 0 Å². The van der Waals surface area contributed by atoms with Gasteiger partial charge >= 0.3 is 5.97 Å². The molecule has 0 heterocycles. The predicted octanol–water partition coefficient (Wildman–Crippen LogP) is 4.10. The fourth-order valence-electron chi connectivity index (χ4n) is 2.89. The zero-order chi connectivity index (χ0) is 14.5. The molecule has 2 rings (SSSR count). The summed E-state index contributed by atoms with van der Waals surface area (Å²) in [6.07, 6.45) is 3.58. The molecule has 1 N–H and O–H groups in total. The summed E-state index contributed by atoms with van der Waals surface area (Å²) in [4.78, 5) is 12.0. The lowest BCUT2D eigenvalue weighted by atomic mass is 9.79. The number of anilines is 1. The van der Waals surface area contributed by atoms with Crippen LogP contribution in [-0.4, -0.2) is 18.6 Å². The minimum absolute atomic E-state index is 0.243. The molecule has 0 aliphatic heterocycles. The summed E-state index contributed by atoms with van der Waals surface area (Å²) in [5, 5.41) is 3.54. The minimum atomic E-state index is -0.243. The van der Waals surface area contributed by atoms with Gasteiger partial charge in [-0.3, -0.25) is 0 Å². The van der Waals surface area contributed by atoms with Crippen molar-refractivity contribution in [2.24, 2.45) is 11.8 Å². The van der Waals surface area contributed by atoms with Crippen molar-refractivity contribution in [3.05, 3.63) is 29.8 Å². The van der Waals surface area contributed by atoms with Gasteiger partial charge < -0.3 is 10.1 Å². The molecule has 1 aromatic rings. The first kappa shape index (κ1) is 14.9. The number of carbonyl (C=O) groups excluding carboxylic acids is 1. The van der Waals surface area contributed by atoms with Crippen LogP contribution in [0.25, 0.3) is 0 Å². The van der Waals surface area contributed by atoms with Gasteiger partial charge in [0.25, 0.3) is 0 Å². The minimum Gasteiger partial charge on any atom is -0.462 e. The first-order chi connectivity index (χ1) is 9.61. The van der Waals surface area contributed by atoms with Gasteiger partial charge in [-0.05, 0) is 50.2 Å². The number of benzene rings is 1. The maximum absolute atomic E-state index is 12.0. The first-order valence-electron chi connectivity index (χ1n) is 7.64. The molecule has 3 heteroatoms. The standard InChI is InChI=1S/C17H25NO2/c1-4-20-17(19)15-7-5-6-8-16(15)18-14-10-9-12(2)13(3)11-14/h5-8,12-14,18H,4,9-11H2,1-3H3. The van der Waals surface area contributed by atoms with Crippen LogP contribution in [0.5, 0.6) is 0 Å². The van der Waals surface area contributed by atoms with Gasteiger partial charge in [0, 0.05) is 11.7 Å². The second-order valence-electron chi connectivity index (χ2n) is 5.87. The lowest BCUT2D eigenvalue weighted by molar-refractivity contribution is 0.0527. The van der Waals surface area contributed by atoms with Crippen molar-refractivity contribution in [2.45, 2.75) is 46.1 Å². The molecule has 0 amide bonds. The summed E-state index contributed by atoms with van der Waals surface area (Å²) in [7, 11) is 0. The molecule has 1 aliphatic rings. The van der Waals surface area contributed by atoms with Crippen molar-refractivity contribution >= 4 is 11.7 Å². The van der Waals surface area contributed by atoms with Crippen LogP contribution in [0.3, 0.4) is 0 Å². The number of hydrogen-bond donors (Lipinski definition) is 1. The average molecular weight is 275 g/mol. The van der Waals surface area contributed by atoms with E-state index in [4.69, 9.17) is 4.74 Å².